The lowest BCUT2D eigenvalue weighted by Gasteiger charge is -2.23. The van der Waals surface area contributed by atoms with Crippen LogP contribution in [0.2, 0.25) is 0 Å². The molecule has 2 N–H and O–H groups in total. The van der Waals surface area contributed by atoms with Gasteiger partial charge in [0.2, 0.25) is 0 Å². The molecule has 0 saturated heterocycles. The lowest BCUT2D eigenvalue weighted by Crippen LogP contribution is -2.47. The Hall–Kier alpha value is -1.77. The summed E-state index contributed by atoms with van der Waals surface area (Å²) in [6, 6.07) is 0.632. The Balaban J connectivity index is 4.32. The zero-order chi connectivity index (χ0) is 12.7. The molecule has 0 bridgehead atoms. The summed E-state index contributed by atoms with van der Waals surface area (Å²) in [6.07, 6.45) is 0. The van der Waals surface area contributed by atoms with Gasteiger partial charge in [-0.05, 0) is 20.8 Å². The summed E-state index contributed by atoms with van der Waals surface area (Å²) in [6.45, 7) is 5.60. The molecular weight excluding hydrogens is 210 g/mol. The number of hydrogen-bond donors (Lipinski definition) is 2. The van der Waals surface area contributed by atoms with Gasteiger partial charge in [0.05, 0.1) is 12.0 Å². The van der Waals surface area contributed by atoms with Crippen LogP contribution in [0, 0.1) is 17.2 Å². The van der Waals surface area contributed by atoms with Crippen LogP contribution < -0.4 is 5.32 Å². The number of urea groups is 1. The van der Waals surface area contributed by atoms with Crippen LogP contribution in [0.15, 0.2) is 0 Å². The smallest absolute Gasteiger partial charge is 0.325 e. The van der Waals surface area contributed by atoms with Gasteiger partial charge in [-0.25, -0.2) is 4.79 Å². The Morgan fingerprint density at radius 3 is 2.44 bits per heavy atom. The molecule has 0 aromatic rings. The van der Waals surface area contributed by atoms with E-state index in [1.807, 2.05) is 6.07 Å². The molecule has 0 aromatic carbocycles. The molecule has 6 nitrogen and oxygen atoms in total. The molecule has 0 spiro atoms. The van der Waals surface area contributed by atoms with E-state index in [-0.39, 0.29) is 5.92 Å². The Kier molecular flexibility index (Phi) is 5.93. The fourth-order valence-electron chi connectivity index (χ4n) is 1.07. The number of amides is 2. The van der Waals surface area contributed by atoms with Crippen molar-refractivity contribution in [1.29, 1.82) is 5.26 Å². The molecular formula is C10H17N3O3. The Morgan fingerprint density at radius 2 is 2.06 bits per heavy atom. The zero-order valence-electron chi connectivity index (χ0n) is 9.73. The van der Waals surface area contributed by atoms with Crippen LogP contribution in [-0.2, 0) is 4.79 Å². The lowest BCUT2D eigenvalue weighted by molar-refractivity contribution is -0.138. The van der Waals surface area contributed by atoms with Crippen molar-refractivity contribution in [2.24, 2.45) is 5.92 Å². The molecule has 0 saturated carbocycles. The van der Waals surface area contributed by atoms with E-state index in [0.717, 1.165) is 0 Å². The molecule has 0 radical (unpaired) electrons. The number of aliphatic carboxylic acids is 1. The summed E-state index contributed by atoms with van der Waals surface area (Å²) in [7, 11) is 0. The minimum absolute atomic E-state index is 0.272. The third-order valence-electron chi connectivity index (χ3n) is 2.09. The van der Waals surface area contributed by atoms with Gasteiger partial charge in [-0.15, -0.1) is 0 Å². The number of carboxylic acid groups (broad SMARTS) is 1. The van der Waals surface area contributed by atoms with Gasteiger partial charge in [0.1, 0.15) is 6.04 Å². The summed E-state index contributed by atoms with van der Waals surface area (Å²) < 4.78 is 0. The molecule has 0 aromatic heterocycles. The normalized spacial score (nSPS) is 13.4. The highest BCUT2D eigenvalue weighted by Gasteiger charge is 2.19. The van der Waals surface area contributed by atoms with E-state index in [4.69, 9.17) is 10.4 Å². The van der Waals surface area contributed by atoms with Gasteiger partial charge in [-0.3, -0.25) is 4.79 Å². The van der Waals surface area contributed by atoms with E-state index in [2.05, 4.69) is 5.32 Å². The highest BCUT2D eigenvalue weighted by atomic mass is 16.4. The van der Waals surface area contributed by atoms with Crippen LogP contribution in [0.4, 0.5) is 4.79 Å². The number of carboxylic acids is 1. The average Bonchev–Trinajstić information content (AvgIpc) is 2.24. The number of carbonyl (C=O) groups is 2. The highest BCUT2D eigenvalue weighted by molar-refractivity contribution is 5.82. The van der Waals surface area contributed by atoms with Crippen molar-refractivity contribution in [2.75, 3.05) is 13.1 Å². The number of rotatable bonds is 5. The second kappa shape index (κ2) is 6.67. The maximum Gasteiger partial charge on any atom is 0.325 e. The first-order valence-electron chi connectivity index (χ1n) is 5.10. The van der Waals surface area contributed by atoms with E-state index in [0.29, 0.717) is 13.1 Å². The van der Waals surface area contributed by atoms with Crippen molar-refractivity contribution in [3.05, 3.63) is 0 Å². The van der Waals surface area contributed by atoms with Gasteiger partial charge in [0.25, 0.3) is 0 Å². The molecule has 2 atom stereocenters. The minimum Gasteiger partial charge on any atom is -0.480 e. The van der Waals surface area contributed by atoms with Crippen molar-refractivity contribution in [1.82, 2.24) is 10.2 Å². The molecule has 2 amide bonds. The van der Waals surface area contributed by atoms with Crippen LogP contribution >= 0.6 is 0 Å². The third-order valence-corrected chi connectivity index (χ3v) is 2.09. The fourth-order valence-corrected chi connectivity index (χ4v) is 1.07. The van der Waals surface area contributed by atoms with Crippen LogP contribution in [-0.4, -0.2) is 41.1 Å². The summed E-state index contributed by atoms with van der Waals surface area (Å²) in [5, 5.41) is 19.6. The second-order valence-corrected chi connectivity index (χ2v) is 3.58. The number of carbonyl (C=O) groups excluding carboxylic acids is 1. The maximum atomic E-state index is 11.6. The van der Waals surface area contributed by atoms with Crippen LogP contribution in [0.25, 0.3) is 0 Å². The van der Waals surface area contributed by atoms with Crippen molar-refractivity contribution < 1.29 is 14.7 Å². The lowest BCUT2D eigenvalue weighted by atomic mass is 10.2. The molecule has 0 aliphatic carbocycles. The summed E-state index contributed by atoms with van der Waals surface area (Å²) in [5.74, 6) is -1.36. The van der Waals surface area contributed by atoms with E-state index in [1.165, 1.54) is 11.8 Å². The molecule has 0 aliphatic rings. The predicted octanol–water partition coefficient (Wildman–Crippen LogP) is 0.651. The maximum absolute atomic E-state index is 11.6. The Labute approximate surface area is 94.8 Å². The standard InChI is InChI=1S/C10H17N3O3/c1-4-13(6-7(2)5-11)10(16)12-8(3)9(14)15/h7-8H,4,6H2,1-3H3,(H,12,16)(H,14,15)/t7?,8-/m1/s1. The average molecular weight is 227 g/mol. The van der Waals surface area contributed by atoms with E-state index >= 15 is 0 Å². The molecule has 6 heteroatoms. The van der Waals surface area contributed by atoms with E-state index < -0.39 is 18.0 Å². The van der Waals surface area contributed by atoms with Crippen molar-refractivity contribution in [3.8, 4) is 6.07 Å². The van der Waals surface area contributed by atoms with Gasteiger partial charge >= 0.3 is 12.0 Å². The van der Waals surface area contributed by atoms with Crippen molar-refractivity contribution >= 4 is 12.0 Å². The Bertz CT molecular complexity index is 298. The van der Waals surface area contributed by atoms with Crippen molar-refractivity contribution in [2.45, 2.75) is 26.8 Å². The molecule has 0 fully saturated rings. The summed E-state index contributed by atoms with van der Waals surface area (Å²) in [4.78, 5) is 23.5. The summed E-state index contributed by atoms with van der Waals surface area (Å²) >= 11 is 0. The van der Waals surface area contributed by atoms with Gasteiger partial charge < -0.3 is 15.3 Å². The molecule has 90 valence electrons. The molecule has 0 rings (SSSR count). The monoisotopic (exact) mass is 227 g/mol. The highest BCUT2D eigenvalue weighted by Crippen LogP contribution is 1.99. The van der Waals surface area contributed by atoms with Gasteiger partial charge in [-0.2, -0.15) is 5.26 Å². The van der Waals surface area contributed by atoms with E-state index in [1.54, 1.807) is 13.8 Å². The molecule has 0 heterocycles. The third kappa shape index (κ3) is 4.64. The minimum atomic E-state index is -1.09. The molecule has 16 heavy (non-hydrogen) atoms. The topological polar surface area (TPSA) is 93.4 Å². The number of nitrogens with one attached hydrogen (secondary N) is 1. The zero-order valence-corrected chi connectivity index (χ0v) is 9.73. The Morgan fingerprint density at radius 1 is 1.50 bits per heavy atom. The predicted molar refractivity (Wildman–Crippen MR) is 57.7 cm³/mol. The first kappa shape index (κ1) is 14.2. The summed E-state index contributed by atoms with van der Waals surface area (Å²) in [5.41, 5.74) is 0. The number of nitrogens with zero attached hydrogens (tertiary/aromatic N) is 2. The fraction of sp³-hybridized carbons (Fsp3) is 0.700. The van der Waals surface area contributed by atoms with Gasteiger partial charge in [0.15, 0.2) is 0 Å². The largest absolute Gasteiger partial charge is 0.480 e. The quantitative estimate of drug-likeness (QED) is 0.721. The SMILES string of the molecule is CCN(CC(C)C#N)C(=O)N[C@H](C)C(=O)O. The van der Waals surface area contributed by atoms with Crippen LogP contribution in [0.1, 0.15) is 20.8 Å². The molecule has 1 unspecified atom stereocenters. The number of hydrogen-bond acceptors (Lipinski definition) is 3. The van der Waals surface area contributed by atoms with Crippen LogP contribution in [0.5, 0.6) is 0 Å². The van der Waals surface area contributed by atoms with E-state index in [9.17, 15) is 9.59 Å². The second-order valence-electron chi connectivity index (χ2n) is 3.58. The van der Waals surface area contributed by atoms with Crippen LogP contribution in [0.3, 0.4) is 0 Å². The molecule has 0 aliphatic heterocycles. The first-order chi connectivity index (χ1) is 7.42. The van der Waals surface area contributed by atoms with Gasteiger partial charge in [-0.1, -0.05) is 0 Å². The van der Waals surface area contributed by atoms with Gasteiger partial charge in [0, 0.05) is 13.1 Å². The first-order valence-corrected chi connectivity index (χ1v) is 5.10. The number of nitriles is 1. The van der Waals surface area contributed by atoms with Crippen molar-refractivity contribution in [3.63, 3.8) is 0 Å².